The Bertz CT molecular complexity index is 435. The van der Waals surface area contributed by atoms with Crippen LogP contribution in [-0.2, 0) is 6.54 Å². The standard InChI is InChI=1S/C13H17ClN2O2/c1-4-7-16(2)13(17)15-9-10-8-11(14)5-6-12(10)18-3/h4-6,8H,1,7,9H2,2-3H3,(H,15,17). The lowest BCUT2D eigenvalue weighted by Gasteiger charge is -2.16. The molecule has 1 aromatic carbocycles. The van der Waals surface area contributed by atoms with Crippen LogP contribution in [0.4, 0.5) is 4.79 Å². The number of benzene rings is 1. The van der Waals surface area contributed by atoms with E-state index in [-0.39, 0.29) is 6.03 Å². The number of methoxy groups -OCH3 is 1. The van der Waals surface area contributed by atoms with E-state index in [4.69, 9.17) is 16.3 Å². The summed E-state index contributed by atoms with van der Waals surface area (Å²) in [6.45, 7) is 4.44. The Labute approximate surface area is 112 Å². The van der Waals surface area contributed by atoms with Crippen LogP contribution in [0.1, 0.15) is 5.56 Å². The first-order valence-corrected chi connectivity index (χ1v) is 5.88. The number of hydrogen-bond acceptors (Lipinski definition) is 2. The number of ether oxygens (including phenoxy) is 1. The van der Waals surface area contributed by atoms with Crippen molar-refractivity contribution < 1.29 is 9.53 Å². The maximum atomic E-state index is 11.7. The van der Waals surface area contributed by atoms with E-state index < -0.39 is 0 Å². The van der Waals surface area contributed by atoms with E-state index in [9.17, 15) is 4.79 Å². The van der Waals surface area contributed by atoms with Crippen molar-refractivity contribution in [3.05, 3.63) is 41.4 Å². The number of nitrogens with zero attached hydrogens (tertiary/aromatic N) is 1. The van der Waals surface area contributed by atoms with E-state index in [2.05, 4.69) is 11.9 Å². The Morgan fingerprint density at radius 1 is 1.61 bits per heavy atom. The van der Waals surface area contributed by atoms with E-state index in [1.54, 1.807) is 38.4 Å². The predicted octanol–water partition coefficient (Wildman–Crippen LogP) is 2.68. The molecule has 4 nitrogen and oxygen atoms in total. The summed E-state index contributed by atoms with van der Waals surface area (Å²) in [6, 6.07) is 5.12. The molecule has 1 rings (SSSR count). The fourth-order valence-corrected chi connectivity index (χ4v) is 1.66. The second-order valence-corrected chi connectivity index (χ2v) is 4.22. The summed E-state index contributed by atoms with van der Waals surface area (Å²) in [4.78, 5) is 13.2. The van der Waals surface area contributed by atoms with Crippen molar-refractivity contribution in [3.8, 4) is 5.75 Å². The zero-order chi connectivity index (χ0) is 13.5. The normalized spacial score (nSPS) is 9.72. The van der Waals surface area contributed by atoms with Gasteiger partial charge in [0.25, 0.3) is 0 Å². The molecule has 0 bridgehead atoms. The van der Waals surface area contributed by atoms with Gasteiger partial charge in [-0.05, 0) is 18.2 Å². The van der Waals surface area contributed by atoms with Gasteiger partial charge < -0.3 is 15.0 Å². The first-order chi connectivity index (χ1) is 8.58. The van der Waals surface area contributed by atoms with Crippen LogP contribution in [0.2, 0.25) is 5.02 Å². The molecule has 0 saturated carbocycles. The van der Waals surface area contributed by atoms with Gasteiger partial charge in [-0.15, -0.1) is 6.58 Å². The van der Waals surface area contributed by atoms with Crippen molar-refractivity contribution in [2.45, 2.75) is 6.54 Å². The van der Waals surface area contributed by atoms with Crippen LogP contribution in [0.5, 0.6) is 5.75 Å². The molecule has 0 aliphatic carbocycles. The lowest BCUT2D eigenvalue weighted by atomic mass is 10.2. The molecule has 0 aromatic heterocycles. The molecule has 0 atom stereocenters. The van der Waals surface area contributed by atoms with E-state index in [0.29, 0.717) is 23.9 Å². The van der Waals surface area contributed by atoms with Crippen molar-refractivity contribution in [3.63, 3.8) is 0 Å². The molecule has 0 aliphatic heterocycles. The maximum absolute atomic E-state index is 11.7. The molecule has 0 spiro atoms. The fraction of sp³-hybridized carbons (Fsp3) is 0.308. The van der Waals surface area contributed by atoms with Gasteiger partial charge in [-0.2, -0.15) is 0 Å². The molecule has 18 heavy (non-hydrogen) atoms. The van der Waals surface area contributed by atoms with Crippen molar-refractivity contribution in [1.82, 2.24) is 10.2 Å². The summed E-state index contributed by atoms with van der Waals surface area (Å²) in [5.41, 5.74) is 0.838. The van der Waals surface area contributed by atoms with Gasteiger partial charge in [-0.3, -0.25) is 0 Å². The zero-order valence-electron chi connectivity index (χ0n) is 10.6. The van der Waals surface area contributed by atoms with Gasteiger partial charge in [0.15, 0.2) is 0 Å². The molecular weight excluding hydrogens is 252 g/mol. The molecule has 5 heteroatoms. The monoisotopic (exact) mass is 268 g/mol. The summed E-state index contributed by atoms with van der Waals surface area (Å²) in [5.74, 6) is 0.700. The number of nitrogens with one attached hydrogen (secondary N) is 1. The van der Waals surface area contributed by atoms with Crippen LogP contribution < -0.4 is 10.1 Å². The third kappa shape index (κ3) is 3.96. The summed E-state index contributed by atoms with van der Waals surface area (Å²) in [5, 5.41) is 3.40. The number of likely N-dealkylation sites (N-methyl/N-ethyl adjacent to an activating group) is 1. The van der Waals surface area contributed by atoms with Crippen LogP contribution >= 0.6 is 11.6 Å². The third-order valence-corrected chi connectivity index (χ3v) is 2.66. The summed E-state index contributed by atoms with van der Waals surface area (Å²) < 4.78 is 5.20. The average Bonchev–Trinajstić information content (AvgIpc) is 2.36. The highest BCUT2D eigenvalue weighted by molar-refractivity contribution is 6.30. The van der Waals surface area contributed by atoms with Gasteiger partial charge >= 0.3 is 6.03 Å². The molecule has 0 radical (unpaired) electrons. The number of rotatable bonds is 5. The molecule has 1 N–H and O–H groups in total. The van der Waals surface area contributed by atoms with Gasteiger partial charge in [0.2, 0.25) is 0 Å². The van der Waals surface area contributed by atoms with Crippen LogP contribution in [0.15, 0.2) is 30.9 Å². The van der Waals surface area contributed by atoms with Gasteiger partial charge in [0.1, 0.15) is 5.75 Å². The van der Waals surface area contributed by atoms with E-state index >= 15 is 0 Å². The molecule has 0 heterocycles. The van der Waals surface area contributed by atoms with Gasteiger partial charge in [0.05, 0.1) is 7.11 Å². The summed E-state index contributed by atoms with van der Waals surface area (Å²) >= 11 is 5.91. The Morgan fingerprint density at radius 2 is 2.33 bits per heavy atom. The first-order valence-electron chi connectivity index (χ1n) is 5.50. The highest BCUT2D eigenvalue weighted by atomic mass is 35.5. The number of amides is 2. The number of carbonyl (C=O) groups excluding carboxylic acids is 1. The Hall–Kier alpha value is -1.68. The van der Waals surface area contributed by atoms with Crippen LogP contribution in [-0.4, -0.2) is 31.6 Å². The molecular formula is C13H17ClN2O2. The minimum Gasteiger partial charge on any atom is -0.496 e. The van der Waals surface area contributed by atoms with E-state index in [1.807, 2.05) is 0 Å². The Kier molecular flexibility index (Phi) is 5.52. The topological polar surface area (TPSA) is 41.6 Å². The first kappa shape index (κ1) is 14.4. The van der Waals surface area contributed by atoms with Crippen molar-refractivity contribution >= 4 is 17.6 Å². The number of carbonyl (C=O) groups is 1. The fourth-order valence-electron chi connectivity index (χ4n) is 1.47. The molecule has 0 fully saturated rings. The molecule has 0 saturated heterocycles. The van der Waals surface area contributed by atoms with Crippen LogP contribution in [0.3, 0.4) is 0 Å². The Balaban J connectivity index is 2.65. The second-order valence-electron chi connectivity index (χ2n) is 3.78. The summed E-state index contributed by atoms with van der Waals surface area (Å²) in [6.07, 6.45) is 1.67. The van der Waals surface area contributed by atoms with E-state index in [1.165, 1.54) is 4.90 Å². The highest BCUT2D eigenvalue weighted by Gasteiger charge is 2.08. The van der Waals surface area contributed by atoms with Gasteiger partial charge in [0, 0.05) is 30.7 Å². The SMILES string of the molecule is C=CCN(C)C(=O)NCc1cc(Cl)ccc1OC. The minimum absolute atomic E-state index is 0.170. The third-order valence-electron chi connectivity index (χ3n) is 2.42. The molecule has 0 aliphatic rings. The average molecular weight is 269 g/mol. The van der Waals surface area contributed by atoms with Gasteiger partial charge in [-0.25, -0.2) is 4.79 Å². The maximum Gasteiger partial charge on any atom is 0.317 e. The molecule has 1 aromatic rings. The molecule has 0 unspecified atom stereocenters. The largest absolute Gasteiger partial charge is 0.496 e. The smallest absolute Gasteiger partial charge is 0.317 e. The quantitative estimate of drug-likeness (QED) is 0.834. The molecule has 2 amide bonds. The zero-order valence-corrected chi connectivity index (χ0v) is 11.3. The number of urea groups is 1. The Morgan fingerprint density at radius 3 is 2.94 bits per heavy atom. The predicted molar refractivity (Wildman–Crippen MR) is 73.1 cm³/mol. The van der Waals surface area contributed by atoms with Crippen molar-refractivity contribution in [2.24, 2.45) is 0 Å². The van der Waals surface area contributed by atoms with E-state index in [0.717, 1.165) is 5.56 Å². The number of hydrogen-bond donors (Lipinski definition) is 1. The van der Waals surface area contributed by atoms with Gasteiger partial charge in [-0.1, -0.05) is 17.7 Å². The second kappa shape index (κ2) is 6.91. The van der Waals surface area contributed by atoms with Crippen LogP contribution in [0, 0.1) is 0 Å². The number of halogens is 1. The van der Waals surface area contributed by atoms with Crippen molar-refractivity contribution in [1.29, 1.82) is 0 Å². The summed E-state index contributed by atoms with van der Waals surface area (Å²) in [7, 11) is 3.28. The minimum atomic E-state index is -0.170. The lowest BCUT2D eigenvalue weighted by Crippen LogP contribution is -2.36. The molecule has 98 valence electrons. The highest BCUT2D eigenvalue weighted by Crippen LogP contribution is 2.22. The lowest BCUT2D eigenvalue weighted by molar-refractivity contribution is 0.212. The van der Waals surface area contributed by atoms with Crippen LogP contribution in [0.25, 0.3) is 0 Å². The van der Waals surface area contributed by atoms with Crippen molar-refractivity contribution in [2.75, 3.05) is 20.7 Å².